The number of nitrogens with zero attached hydrogens (tertiary/aromatic N) is 2. The summed E-state index contributed by atoms with van der Waals surface area (Å²) in [5.41, 5.74) is 0.441. The quantitative estimate of drug-likeness (QED) is 0.668. The summed E-state index contributed by atoms with van der Waals surface area (Å²) in [5.74, 6) is 0.665. The van der Waals surface area contributed by atoms with Gasteiger partial charge in [-0.05, 0) is 12.8 Å². The minimum atomic E-state index is -0.432. The number of benzene rings is 1. The highest BCUT2D eigenvalue weighted by Gasteiger charge is 2.27. The van der Waals surface area contributed by atoms with Crippen LogP contribution in [0.4, 0.5) is 10.8 Å². The van der Waals surface area contributed by atoms with Gasteiger partial charge in [0.25, 0.3) is 0 Å². The Morgan fingerprint density at radius 1 is 1.32 bits per heavy atom. The van der Waals surface area contributed by atoms with Crippen LogP contribution in [0.2, 0.25) is 0 Å². The highest BCUT2D eigenvalue weighted by molar-refractivity contribution is 7.22. The van der Waals surface area contributed by atoms with Crippen molar-refractivity contribution in [1.29, 1.82) is 0 Å². The van der Waals surface area contributed by atoms with E-state index in [0.717, 1.165) is 12.8 Å². The molecule has 1 aliphatic carbocycles. The van der Waals surface area contributed by atoms with Gasteiger partial charge in [-0.2, -0.15) is 0 Å². The van der Waals surface area contributed by atoms with Crippen molar-refractivity contribution in [2.24, 2.45) is 0 Å². The van der Waals surface area contributed by atoms with Crippen LogP contribution in [0.1, 0.15) is 25.7 Å². The molecule has 0 unspecified atom stereocenters. The molecule has 0 radical (unpaired) electrons. The van der Waals surface area contributed by atoms with Crippen molar-refractivity contribution in [3.63, 3.8) is 0 Å². The van der Waals surface area contributed by atoms with Crippen molar-refractivity contribution in [2.75, 3.05) is 19.5 Å². The first kappa shape index (κ1) is 14.8. The molecule has 1 aromatic heterocycles. The Kier molecular flexibility index (Phi) is 4.02. The highest BCUT2D eigenvalue weighted by Crippen LogP contribution is 2.45. The van der Waals surface area contributed by atoms with Crippen molar-refractivity contribution in [3.05, 3.63) is 16.2 Å². The SMILES string of the molecule is COc1cc(OC)c2nc(NC3CCCC3)sc2c1[N+](=O)[O-]. The van der Waals surface area contributed by atoms with Crippen molar-refractivity contribution in [1.82, 2.24) is 4.98 Å². The molecule has 0 amide bonds. The van der Waals surface area contributed by atoms with E-state index in [9.17, 15) is 10.1 Å². The lowest BCUT2D eigenvalue weighted by molar-refractivity contribution is -0.383. The fraction of sp³-hybridized carbons (Fsp3) is 0.500. The average Bonchev–Trinajstić information content (AvgIpc) is 3.14. The number of methoxy groups -OCH3 is 2. The molecule has 0 spiro atoms. The number of ether oxygens (including phenoxy) is 2. The molecule has 0 saturated heterocycles. The summed E-state index contributed by atoms with van der Waals surface area (Å²) >= 11 is 1.27. The summed E-state index contributed by atoms with van der Waals surface area (Å²) in [5, 5.41) is 15.5. The van der Waals surface area contributed by atoms with Crippen LogP contribution in [-0.4, -0.2) is 30.2 Å². The number of nitro groups is 1. The number of nitro benzene ring substituents is 1. The second-order valence-corrected chi connectivity index (χ2v) is 6.21. The molecule has 22 heavy (non-hydrogen) atoms. The van der Waals surface area contributed by atoms with Crippen LogP contribution in [-0.2, 0) is 0 Å². The highest BCUT2D eigenvalue weighted by atomic mass is 32.1. The number of aromatic nitrogens is 1. The molecule has 3 rings (SSSR count). The Labute approximate surface area is 131 Å². The smallest absolute Gasteiger partial charge is 0.330 e. The molecule has 1 aromatic carbocycles. The third-order valence-electron chi connectivity index (χ3n) is 3.88. The lowest BCUT2D eigenvalue weighted by atomic mass is 10.2. The first-order chi connectivity index (χ1) is 10.6. The first-order valence-corrected chi connectivity index (χ1v) is 7.92. The van der Waals surface area contributed by atoms with E-state index in [2.05, 4.69) is 10.3 Å². The maximum Gasteiger partial charge on any atom is 0.330 e. The Morgan fingerprint density at radius 3 is 2.59 bits per heavy atom. The monoisotopic (exact) mass is 323 g/mol. The molecule has 1 fully saturated rings. The van der Waals surface area contributed by atoms with Crippen LogP contribution < -0.4 is 14.8 Å². The lowest BCUT2D eigenvalue weighted by Gasteiger charge is -2.09. The van der Waals surface area contributed by atoms with Crippen molar-refractivity contribution < 1.29 is 14.4 Å². The third kappa shape index (κ3) is 2.54. The fourth-order valence-electron chi connectivity index (χ4n) is 2.81. The summed E-state index contributed by atoms with van der Waals surface area (Å²) in [4.78, 5) is 15.4. The second-order valence-electron chi connectivity index (χ2n) is 5.21. The van der Waals surface area contributed by atoms with Gasteiger partial charge in [-0.25, -0.2) is 4.98 Å². The molecular weight excluding hydrogens is 306 g/mol. The molecule has 7 nitrogen and oxygen atoms in total. The summed E-state index contributed by atoms with van der Waals surface area (Å²) in [6.45, 7) is 0. The average molecular weight is 323 g/mol. The standard InChI is InChI=1S/C14H17N3O4S/c1-20-9-7-10(21-2)12(17(18)19)13-11(9)16-14(22-13)15-8-5-3-4-6-8/h7-8H,3-6H2,1-2H3,(H,15,16). The van der Waals surface area contributed by atoms with Crippen LogP contribution in [0, 0.1) is 10.1 Å². The van der Waals surface area contributed by atoms with Crippen molar-refractivity contribution >= 4 is 32.4 Å². The molecule has 1 saturated carbocycles. The molecule has 0 atom stereocenters. The molecule has 1 N–H and O–H groups in total. The molecule has 0 bridgehead atoms. The number of rotatable bonds is 5. The van der Waals surface area contributed by atoms with Gasteiger partial charge >= 0.3 is 5.69 Å². The molecule has 1 heterocycles. The Balaban J connectivity index is 2.10. The Hall–Kier alpha value is -2.09. The zero-order chi connectivity index (χ0) is 15.7. The maximum atomic E-state index is 11.4. The van der Waals surface area contributed by atoms with Crippen LogP contribution >= 0.6 is 11.3 Å². The predicted octanol–water partition coefficient (Wildman–Crippen LogP) is 3.58. The molecule has 8 heteroatoms. The minimum Gasteiger partial charge on any atom is -0.494 e. The van der Waals surface area contributed by atoms with Crippen LogP contribution in [0.25, 0.3) is 10.2 Å². The van der Waals surface area contributed by atoms with Crippen LogP contribution in [0.3, 0.4) is 0 Å². The minimum absolute atomic E-state index is 0.0599. The molecule has 118 valence electrons. The van der Waals surface area contributed by atoms with Crippen LogP contribution in [0.5, 0.6) is 11.5 Å². The number of thiazole rings is 1. The van der Waals surface area contributed by atoms with E-state index >= 15 is 0 Å². The zero-order valence-electron chi connectivity index (χ0n) is 12.4. The summed E-state index contributed by atoms with van der Waals surface area (Å²) in [6.07, 6.45) is 4.64. The largest absolute Gasteiger partial charge is 0.494 e. The first-order valence-electron chi connectivity index (χ1n) is 7.10. The summed E-state index contributed by atoms with van der Waals surface area (Å²) in [7, 11) is 2.93. The van der Waals surface area contributed by atoms with Gasteiger partial charge in [0, 0.05) is 12.1 Å². The predicted molar refractivity (Wildman–Crippen MR) is 85.3 cm³/mol. The van der Waals surface area contributed by atoms with Gasteiger partial charge in [0.15, 0.2) is 5.13 Å². The molecular formula is C14H17N3O4S. The number of nitrogens with one attached hydrogen (secondary N) is 1. The van der Waals surface area contributed by atoms with E-state index in [1.54, 1.807) is 0 Å². The molecule has 2 aromatic rings. The van der Waals surface area contributed by atoms with Crippen molar-refractivity contribution in [3.8, 4) is 11.5 Å². The van der Waals surface area contributed by atoms with E-state index in [1.807, 2.05) is 0 Å². The Bertz CT molecular complexity index is 710. The van der Waals surface area contributed by atoms with E-state index in [4.69, 9.17) is 9.47 Å². The third-order valence-corrected chi connectivity index (χ3v) is 4.87. The van der Waals surface area contributed by atoms with Gasteiger partial charge in [-0.1, -0.05) is 24.2 Å². The van der Waals surface area contributed by atoms with Crippen molar-refractivity contribution in [2.45, 2.75) is 31.7 Å². The van der Waals surface area contributed by atoms with E-state index in [1.165, 1.54) is 44.5 Å². The van der Waals surface area contributed by atoms with E-state index in [0.29, 0.717) is 27.1 Å². The summed E-state index contributed by atoms with van der Waals surface area (Å²) < 4.78 is 10.9. The van der Waals surface area contributed by atoms with E-state index < -0.39 is 4.92 Å². The Morgan fingerprint density at radius 2 is 2.00 bits per heavy atom. The number of fused-ring (bicyclic) bond motifs is 1. The van der Waals surface area contributed by atoms with Gasteiger partial charge < -0.3 is 14.8 Å². The van der Waals surface area contributed by atoms with Gasteiger partial charge in [-0.15, -0.1) is 0 Å². The molecule has 1 aliphatic rings. The topological polar surface area (TPSA) is 86.5 Å². The zero-order valence-corrected chi connectivity index (χ0v) is 13.2. The van der Waals surface area contributed by atoms with Gasteiger partial charge in [0.05, 0.1) is 19.1 Å². The number of hydrogen-bond donors (Lipinski definition) is 1. The van der Waals surface area contributed by atoms with Gasteiger partial charge in [0.1, 0.15) is 16.0 Å². The lowest BCUT2D eigenvalue weighted by Crippen LogP contribution is -2.13. The maximum absolute atomic E-state index is 11.4. The normalized spacial score (nSPS) is 15.2. The van der Waals surface area contributed by atoms with Gasteiger partial charge in [0.2, 0.25) is 5.75 Å². The van der Waals surface area contributed by atoms with E-state index in [-0.39, 0.29) is 11.4 Å². The summed E-state index contributed by atoms with van der Waals surface area (Å²) in [6, 6.07) is 1.91. The number of hydrogen-bond acceptors (Lipinski definition) is 7. The second kappa shape index (κ2) is 5.96. The molecule has 0 aliphatic heterocycles. The number of anilines is 1. The van der Waals surface area contributed by atoms with Crippen LogP contribution in [0.15, 0.2) is 6.07 Å². The fourth-order valence-corrected chi connectivity index (χ4v) is 3.88. The van der Waals surface area contributed by atoms with Gasteiger partial charge in [-0.3, -0.25) is 10.1 Å².